The second-order valence-electron chi connectivity index (χ2n) is 12.4. The average molecular weight is 587 g/mol. The van der Waals surface area contributed by atoms with Gasteiger partial charge in [-0.2, -0.15) is 0 Å². The summed E-state index contributed by atoms with van der Waals surface area (Å²) in [4.78, 5) is 17.2. The van der Waals surface area contributed by atoms with Gasteiger partial charge in [0, 0.05) is 34.7 Å². The smallest absolute Gasteiger partial charge is 0.306 e. The number of phenolic OH excluding ortho intramolecular Hbond substituents is 2. The van der Waals surface area contributed by atoms with Crippen LogP contribution in [0.5, 0.6) is 23.0 Å². The zero-order valence-corrected chi connectivity index (χ0v) is 25.0. The van der Waals surface area contributed by atoms with Gasteiger partial charge in [-0.3, -0.25) is 14.6 Å². The second-order valence-corrected chi connectivity index (χ2v) is 12.4. The number of likely N-dealkylation sites (N-methyl/N-ethyl adjacent to an activating group) is 1. The van der Waals surface area contributed by atoms with E-state index >= 15 is 0 Å². The van der Waals surface area contributed by atoms with Gasteiger partial charge in [0.1, 0.15) is 24.3 Å². The molecule has 4 heterocycles. The lowest BCUT2D eigenvalue weighted by atomic mass is 9.73. The third-order valence-corrected chi connectivity index (χ3v) is 10.2. The topological polar surface area (TPSA) is 112 Å². The van der Waals surface area contributed by atoms with Crippen LogP contribution in [-0.4, -0.2) is 69.8 Å². The molecule has 0 saturated carbocycles. The van der Waals surface area contributed by atoms with E-state index in [9.17, 15) is 20.1 Å². The number of rotatable bonds is 5. The number of phenols is 2. The minimum Gasteiger partial charge on any atom is -0.507 e. The number of carbonyl (C=O) groups is 1. The van der Waals surface area contributed by atoms with Crippen LogP contribution < -0.4 is 9.47 Å². The fourth-order valence-electron chi connectivity index (χ4n) is 7.81. The van der Waals surface area contributed by atoms with Crippen molar-refractivity contribution in [3.05, 3.63) is 80.9 Å². The number of aromatic hydroxyl groups is 2. The first-order valence-corrected chi connectivity index (χ1v) is 15.0. The number of aliphatic hydroxyl groups is 1. The summed E-state index contributed by atoms with van der Waals surface area (Å²) < 4.78 is 17.7. The minimum atomic E-state index is -0.897. The van der Waals surface area contributed by atoms with Gasteiger partial charge in [0.05, 0.1) is 18.1 Å². The molecule has 9 nitrogen and oxygen atoms in total. The second kappa shape index (κ2) is 10.4. The SMILES string of the molecule is Cc1cc2c(c(O)c1C)[C@@H]1C3Cc4c(O)c(C)c5c(c4[C@H](COC(=O)CCc4ccccc4)N3[C@@H](O)[C@H](C2)N1C)OCO5. The number of esters is 1. The van der Waals surface area contributed by atoms with E-state index in [-0.39, 0.29) is 55.4 Å². The Morgan fingerprint density at radius 2 is 1.72 bits per heavy atom. The third kappa shape index (κ3) is 4.28. The number of hydrogen-bond donors (Lipinski definition) is 3. The number of aryl methyl sites for hydroxylation is 2. The van der Waals surface area contributed by atoms with Crippen molar-refractivity contribution in [2.75, 3.05) is 20.4 Å². The first-order valence-electron chi connectivity index (χ1n) is 15.0. The molecule has 1 fully saturated rings. The number of ether oxygens (including phenoxy) is 3. The lowest BCUT2D eigenvalue weighted by Crippen LogP contribution is -2.68. The molecule has 5 atom stereocenters. The Kier molecular flexibility index (Phi) is 6.80. The van der Waals surface area contributed by atoms with Gasteiger partial charge in [-0.15, -0.1) is 0 Å². The molecule has 0 radical (unpaired) electrons. The zero-order valence-electron chi connectivity index (χ0n) is 25.0. The summed E-state index contributed by atoms with van der Waals surface area (Å²) in [7, 11) is 1.99. The summed E-state index contributed by atoms with van der Waals surface area (Å²) >= 11 is 0. The Morgan fingerprint density at radius 3 is 2.49 bits per heavy atom. The Balaban J connectivity index is 1.30. The zero-order chi connectivity index (χ0) is 30.2. The summed E-state index contributed by atoms with van der Waals surface area (Å²) in [5.41, 5.74) is 6.79. The van der Waals surface area contributed by atoms with Crippen LogP contribution in [0.2, 0.25) is 0 Å². The van der Waals surface area contributed by atoms with Gasteiger partial charge in [-0.1, -0.05) is 36.4 Å². The molecule has 0 aromatic heterocycles. The Labute approximate surface area is 251 Å². The lowest BCUT2D eigenvalue weighted by molar-refractivity contribution is -0.183. The molecule has 1 saturated heterocycles. The maximum Gasteiger partial charge on any atom is 0.306 e. The largest absolute Gasteiger partial charge is 0.507 e. The van der Waals surface area contributed by atoms with Gasteiger partial charge in [0.15, 0.2) is 11.5 Å². The molecular formula is C34H38N2O7. The molecule has 3 N–H and O–H groups in total. The van der Waals surface area contributed by atoms with Gasteiger partial charge in [0.2, 0.25) is 6.79 Å². The summed E-state index contributed by atoms with van der Waals surface area (Å²) in [6.07, 6.45) is 0.855. The van der Waals surface area contributed by atoms with E-state index < -0.39 is 12.3 Å². The molecule has 226 valence electrons. The van der Waals surface area contributed by atoms with Crippen molar-refractivity contribution >= 4 is 5.97 Å². The molecule has 4 aliphatic rings. The van der Waals surface area contributed by atoms with E-state index in [1.807, 2.05) is 56.1 Å². The Bertz CT molecular complexity index is 1610. The quantitative estimate of drug-likeness (QED) is 0.380. The number of carbonyl (C=O) groups excluding carboxylic acids is 1. The number of aliphatic hydroxyl groups excluding tert-OH is 1. The maximum absolute atomic E-state index is 13.0. The number of nitrogens with zero attached hydrogens (tertiary/aromatic N) is 2. The molecule has 43 heavy (non-hydrogen) atoms. The molecule has 7 rings (SSSR count). The van der Waals surface area contributed by atoms with Crippen molar-refractivity contribution in [2.24, 2.45) is 0 Å². The monoisotopic (exact) mass is 586 g/mol. The van der Waals surface area contributed by atoms with Crippen LogP contribution in [0, 0.1) is 20.8 Å². The number of hydrogen-bond acceptors (Lipinski definition) is 9. The summed E-state index contributed by atoms with van der Waals surface area (Å²) in [6, 6.07) is 10.5. The van der Waals surface area contributed by atoms with Crippen molar-refractivity contribution in [3.8, 4) is 23.0 Å². The molecule has 0 amide bonds. The Morgan fingerprint density at radius 1 is 0.977 bits per heavy atom. The number of benzene rings is 3. The fourth-order valence-corrected chi connectivity index (χ4v) is 7.81. The van der Waals surface area contributed by atoms with Crippen LogP contribution in [-0.2, 0) is 28.8 Å². The van der Waals surface area contributed by atoms with Gasteiger partial charge in [-0.25, -0.2) is 0 Å². The molecule has 9 heteroatoms. The van der Waals surface area contributed by atoms with Crippen molar-refractivity contribution in [3.63, 3.8) is 0 Å². The Hall–Kier alpha value is -3.79. The summed E-state index contributed by atoms with van der Waals surface area (Å²) in [6.45, 7) is 5.72. The minimum absolute atomic E-state index is 0.0233. The molecule has 0 aliphatic carbocycles. The van der Waals surface area contributed by atoms with Crippen LogP contribution in [0.4, 0.5) is 0 Å². The van der Waals surface area contributed by atoms with E-state index in [1.54, 1.807) is 6.92 Å². The lowest BCUT2D eigenvalue weighted by Gasteiger charge is -2.60. The summed E-state index contributed by atoms with van der Waals surface area (Å²) in [5.74, 6) is 1.07. The fraction of sp³-hybridized carbons (Fsp3) is 0.441. The standard InChI is InChI=1S/C34H38N2O7/c1-17-12-21-13-24-34(40)36-23(29(35(24)4)27(21)31(39)18(17)2)14-22-28(33-32(42-16-43-33)19(3)30(22)38)25(36)15-41-26(37)11-10-20-8-6-5-7-9-20/h5-9,12,23-25,29,34,38-40H,10-11,13-16H2,1-4H3/t23?,24-,25-,29-,34-/m0/s1. The van der Waals surface area contributed by atoms with Crippen LogP contribution in [0.3, 0.4) is 0 Å². The third-order valence-electron chi connectivity index (χ3n) is 10.2. The molecule has 1 unspecified atom stereocenters. The van der Waals surface area contributed by atoms with E-state index in [0.717, 1.165) is 27.8 Å². The highest BCUT2D eigenvalue weighted by Gasteiger charge is 2.56. The highest BCUT2D eigenvalue weighted by atomic mass is 16.7. The average Bonchev–Trinajstić information content (AvgIpc) is 3.49. The van der Waals surface area contributed by atoms with Crippen molar-refractivity contribution < 1.29 is 34.3 Å². The summed E-state index contributed by atoms with van der Waals surface area (Å²) in [5, 5.41) is 35.0. The maximum atomic E-state index is 13.0. The number of piperazine rings is 1. The normalized spacial score (nSPS) is 25.6. The van der Waals surface area contributed by atoms with Gasteiger partial charge < -0.3 is 29.5 Å². The molecule has 2 bridgehead atoms. The van der Waals surface area contributed by atoms with Gasteiger partial charge in [0.25, 0.3) is 0 Å². The van der Waals surface area contributed by atoms with Crippen LogP contribution >= 0.6 is 0 Å². The van der Waals surface area contributed by atoms with Crippen molar-refractivity contribution in [2.45, 2.75) is 76.8 Å². The first kappa shape index (κ1) is 28.0. The van der Waals surface area contributed by atoms with E-state index in [2.05, 4.69) is 11.0 Å². The molecule has 0 spiro atoms. The van der Waals surface area contributed by atoms with Crippen LogP contribution in [0.25, 0.3) is 0 Å². The molecule has 4 aliphatic heterocycles. The predicted molar refractivity (Wildman–Crippen MR) is 158 cm³/mol. The van der Waals surface area contributed by atoms with Crippen LogP contribution in [0.15, 0.2) is 36.4 Å². The predicted octanol–water partition coefficient (Wildman–Crippen LogP) is 4.13. The van der Waals surface area contributed by atoms with Crippen LogP contribution in [0.1, 0.15) is 63.0 Å². The first-order chi connectivity index (χ1) is 20.7. The van der Waals surface area contributed by atoms with E-state index in [4.69, 9.17) is 14.2 Å². The van der Waals surface area contributed by atoms with Crippen molar-refractivity contribution in [1.29, 1.82) is 0 Å². The van der Waals surface area contributed by atoms with Gasteiger partial charge >= 0.3 is 5.97 Å². The highest BCUT2D eigenvalue weighted by molar-refractivity contribution is 5.70. The van der Waals surface area contributed by atoms with E-state index in [0.29, 0.717) is 47.5 Å². The molecule has 3 aromatic carbocycles. The van der Waals surface area contributed by atoms with E-state index in [1.165, 1.54) is 0 Å². The molecule has 3 aromatic rings. The highest BCUT2D eigenvalue weighted by Crippen LogP contribution is 2.57. The number of fused-ring (bicyclic) bond motifs is 9. The van der Waals surface area contributed by atoms with Gasteiger partial charge in [-0.05, 0) is 69.3 Å². The van der Waals surface area contributed by atoms with Crippen molar-refractivity contribution in [1.82, 2.24) is 9.80 Å². The molecular weight excluding hydrogens is 548 g/mol.